The smallest absolute Gasteiger partial charge is 0.0625 e. The van der Waals surface area contributed by atoms with Crippen molar-refractivity contribution >= 4 is 5.71 Å². The summed E-state index contributed by atoms with van der Waals surface area (Å²) >= 11 is 0. The Labute approximate surface area is 73.4 Å². The maximum Gasteiger partial charge on any atom is 0.0625 e. The van der Waals surface area contributed by atoms with Gasteiger partial charge in [-0.15, -0.1) is 0 Å². The van der Waals surface area contributed by atoms with Gasteiger partial charge in [0.15, 0.2) is 0 Å². The molecule has 0 radical (unpaired) electrons. The van der Waals surface area contributed by atoms with Crippen LogP contribution in [-0.4, -0.2) is 12.3 Å². The van der Waals surface area contributed by atoms with E-state index in [2.05, 4.69) is 24.0 Å². The normalized spacial score (nSPS) is 20.7. The van der Waals surface area contributed by atoms with E-state index in [0.29, 0.717) is 0 Å². The predicted molar refractivity (Wildman–Crippen MR) is 53.1 cm³/mol. The summed E-state index contributed by atoms with van der Waals surface area (Å²) in [5.41, 5.74) is 6.57. The van der Waals surface area contributed by atoms with Crippen molar-refractivity contribution in [1.29, 1.82) is 0 Å². The Kier molecular flexibility index (Phi) is 2.86. The van der Waals surface area contributed by atoms with Crippen molar-refractivity contribution in [3.8, 4) is 0 Å². The number of allylic oxidation sites excluding steroid dienone is 4. The number of hydrogen-bond acceptors (Lipinski definition) is 2. The van der Waals surface area contributed by atoms with E-state index in [9.17, 15) is 0 Å². The second kappa shape index (κ2) is 3.90. The van der Waals surface area contributed by atoms with Crippen molar-refractivity contribution in [1.82, 2.24) is 5.43 Å². The number of rotatable bonds is 2. The number of nitrogens with zero attached hydrogens (tertiary/aromatic N) is 1. The molecule has 0 fully saturated rings. The molecule has 1 heterocycles. The van der Waals surface area contributed by atoms with Crippen LogP contribution in [0.25, 0.3) is 0 Å². The van der Waals surface area contributed by atoms with Gasteiger partial charge in [0.25, 0.3) is 0 Å². The second-order valence-corrected chi connectivity index (χ2v) is 2.79. The molecule has 0 spiro atoms. The van der Waals surface area contributed by atoms with Crippen molar-refractivity contribution in [2.24, 2.45) is 5.10 Å². The highest BCUT2D eigenvalue weighted by atomic mass is 15.3. The molecule has 2 heteroatoms. The Morgan fingerprint density at radius 2 is 2.42 bits per heavy atom. The monoisotopic (exact) mass is 162 g/mol. The van der Waals surface area contributed by atoms with Gasteiger partial charge < -0.3 is 5.43 Å². The van der Waals surface area contributed by atoms with E-state index in [0.717, 1.165) is 12.3 Å². The van der Waals surface area contributed by atoms with E-state index in [4.69, 9.17) is 0 Å². The van der Waals surface area contributed by atoms with Crippen molar-refractivity contribution in [3.63, 3.8) is 0 Å². The summed E-state index contributed by atoms with van der Waals surface area (Å²) in [5, 5.41) is 4.10. The lowest BCUT2D eigenvalue weighted by Crippen LogP contribution is -2.03. The first-order valence-electron chi connectivity index (χ1n) is 4.02. The molecule has 1 rings (SSSR count). The lowest BCUT2D eigenvalue weighted by atomic mass is 10.1. The molecule has 0 saturated carbocycles. The van der Waals surface area contributed by atoms with Crippen LogP contribution in [0.4, 0.5) is 0 Å². The van der Waals surface area contributed by atoms with Crippen LogP contribution >= 0.6 is 0 Å². The van der Waals surface area contributed by atoms with Gasteiger partial charge in [0.2, 0.25) is 0 Å². The molecule has 0 aromatic rings. The lowest BCUT2D eigenvalue weighted by molar-refractivity contribution is 0.852. The van der Waals surface area contributed by atoms with Gasteiger partial charge in [-0.05, 0) is 25.0 Å². The maximum absolute atomic E-state index is 4.10. The van der Waals surface area contributed by atoms with Gasteiger partial charge in [0.05, 0.1) is 12.3 Å². The highest BCUT2D eigenvalue weighted by Gasteiger charge is 2.09. The van der Waals surface area contributed by atoms with Gasteiger partial charge in [-0.1, -0.05) is 24.8 Å². The molecule has 1 aliphatic heterocycles. The van der Waals surface area contributed by atoms with Crippen LogP contribution in [0.2, 0.25) is 0 Å². The minimum Gasteiger partial charge on any atom is -0.305 e. The zero-order valence-corrected chi connectivity index (χ0v) is 7.59. The van der Waals surface area contributed by atoms with Crippen LogP contribution in [-0.2, 0) is 0 Å². The zero-order chi connectivity index (χ0) is 8.97. The third-order valence-electron chi connectivity index (χ3n) is 1.90. The van der Waals surface area contributed by atoms with Crippen LogP contribution in [0.15, 0.2) is 41.1 Å². The Hall–Kier alpha value is -1.31. The van der Waals surface area contributed by atoms with Crippen molar-refractivity contribution in [2.75, 3.05) is 6.54 Å². The average Bonchev–Trinajstić information content (AvgIpc) is 2.47. The molecule has 0 aromatic carbocycles. The highest BCUT2D eigenvalue weighted by molar-refractivity contribution is 6.00. The molecule has 12 heavy (non-hydrogen) atoms. The van der Waals surface area contributed by atoms with E-state index in [-0.39, 0.29) is 0 Å². The molecule has 0 atom stereocenters. The summed E-state index contributed by atoms with van der Waals surface area (Å²) in [6, 6.07) is 0. The van der Waals surface area contributed by atoms with Gasteiger partial charge in [0.1, 0.15) is 0 Å². The van der Waals surface area contributed by atoms with Gasteiger partial charge in [-0.25, -0.2) is 0 Å². The molecule has 0 bridgehead atoms. The molecule has 0 amide bonds. The molecule has 0 aliphatic carbocycles. The zero-order valence-electron chi connectivity index (χ0n) is 7.59. The standard InChI is InChI=1S/C10H14N2/c1-4-5-6-8(2)10-7-11-12-9(10)3/h4-6,11H,1,7H2,2-3H3/b6-5-,10-8+. The van der Waals surface area contributed by atoms with Gasteiger partial charge in [0, 0.05) is 0 Å². The fourth-order valence-corrected chi connectivity index (χ4v) is 1.17. The quantitative estimate of drug-likeness (QED) is 0.617. The first-order valence-corrected chi connectivity index (χ1v) is 4.02. The van der Waals surface area contributed by atoms with E-state index in [1.807, 2.05) is 19.1 Å². The number of hydrazone groups is 1. The molecule has 1 aliphatic rings. The Morgan fingerprint density at radius 3 is 2.92 bits per heavy atom. The van der Waals surface area contributed by atoms with Crippen molar-refractivity contribution < 1.29 is 0 Å². The molecule has 64 valence electrons. The molecule has 0 saturated heterocycles. The van der Waals surface area contributed by atoms with Crippen LogP contribution in [0.5, 0.6) is 0 Å². The number of nitrogens with one attached hydrogen (secondary N) is 1. The summed E-state index contributed by atoms with van der Waals surface area (Å²) in [5.74, 6) is 0. The first kappa shape index (κ1) is 8.78. The summed E-state index contributed by atoms with van der Waals surface area (Å²) in [7, 11) is 0. The van der Waals surface area contributed by atoms with Crippen molar-refractivity contribution in [2.45, 2.75) is 13.8 Å². The van der Waals surface area contributed by atoms with E-state index in [1.54, 1.807) is 6.08 Å². The van der Waals surface area contributed by atoms with Gasteiger partial charge in [-0.2, -0.15) is 5.10 Å². The lowest BCUT2D eigenvalue weighted by Gasteiger charge is -1.98. The minimum absolute atomic E-state index is 0.846. The van der Waals surface area contributed by atoms with Crippen LogP contribution in [0.3, 0.4) is 0 Å². The first-order chi connectivity index (χ1) is 5.75. The topological polar surface area (TPSA) is 24.4 Å². The Balaban J connectivity index is 2.83. The van der Waals surface area contributed by atoms with E-state index >= 15 is 0 Å². The van der Waals surface area contributed by atoms with Crippen LogP contribution in [0, 0.1) is 0 Å². The maximum atomic E-state index is 4.10. The molecular formula is C10H14N2. The summed E-state index contributed by atoms with van der Waals surface area (Å²) < 4.78 is 0. The molecular weight excluding hydrogens is 148 g/mol. The van der Waals surface area contributed by atoms with E-state index < -0.39 is 0 Å². The summed E-state index contributed by atoms with van der Waals surface area (Å²) in [6.45, 7) is 8.57. The van der Waals surface area contributed by atoms with Crippen LogP contribution in [0.1, 0.15) is 13.8 Å². The van der Waals surface area contributed by atoms with E-state index in [1.165, 1.54) is 11.1 Å². The Bertz CT molecular complexity index is 270. The fraction of sp³-hybridized carbons (Fsp3) is 0.300. The molecule has 0 unspecified atom stereocenters. The van der Waals surface area contributed by atoms with Gasteiger partial charge in [-0.3, -0.25) is 0 Å². The largest absolute Gasteiger partial charge is 0.305 e. The van der Waals surface area contributed by atoms with Crippen molar-refractivity contribution in [3.05, 3.63) is 36.0 Å². The average molecular weight is 162 g/mol. The predicted octanol–water partition coefficient (Wildman–Crippen LogP) is 2.02. The highest BCUT2D eigenvalue weighted by Crippen LogP contribution is 2.10. The number of hydrogen-bond donors (Lipinski definition) is 1. The summed E-state index contributed by atoms with van der Waals surface area (Å²) in [6.07, 6.45) is 5.77. The molecule has 0 aromatic heterocycles. The molecule has 1 N–H and O–H groups in total. The third-order valence-corrected chi connectivity index (χ3v) is 1.90. The minimum atomic E-state index is 0.846. The third kappa shape index (κ3) is 1.84. The Morgan fingerprint density at radius 1 is 1.67 bits per heavy atom. The molecule has 2 nitrogen and oxygen atoms in total. The second-order valence-electron chi connectivity index (χ2n) is 2.79. The van der Waals surface area contributed by atoms with Crippen LogP contribution < -0.4 is 5.43 Å². The van der Waals surface area contributed by atoms with Gasteiger partial charge >= 0.3 is 0 Å². The fourth-order valence-electron chi connectivity index (χ4n) is 1.17. The summed E-state index contributed by atoms with van der Waals surface area (Å²) in [4.78, 5) is 0. The SMILES string of the molecule is C=C/C=C\C(C)=C1/CNN=C1C.